The van der Waals surface area contributed by atoms with Gasteiger partial charge in [0.2, 0.25) is 0 Å². The fraction of sp³-hybridized carbons (Fsp3) is 0.833. The molecular formula is C6H15N3O. The molecule has 0 aliphatic heterocycles. The van der Waals surface area contributed by atoms with E-state index in [4.69, 9.17) is 16.6 Å². The minimum atomic E-state index is -0.443. The van der Waals surface area contributed by atoms with Gasteiger partial charge in [0.05, 0.1) is 12.6 Å². The number of rotatable bonds is 3. The third-order valence-electron chi connectivity index (χ3n) is 1.23. The van der Waals surface area contributed by atoms with E-state index in [-0.39, 0.29) is 11.9 Å². The van der Waals surface area contributed by atoms with E-state index in [0.717, 1.165) is 0 Å². The monoisotopic (exact) mass is 145 g/mol. The summed E-state index contributed by atoms with van der Waals surface area (Å²) in [5, 5.41) is 9.16. The molecule has 4 heteroatoms. The van der Waals surface area contributed by atoms with Gasteiger partial charge in [-0.05, 0) is 5.92 Å². The van der Waals surface area contributed by atoms with Crippen molar-refractivity contribution in [1.29, 1.82) is 0 Å². The molecule has 0 aliphatic carbocycles. The molecule has 0 amide bonds. The van der Waals surface area contributed by atoms with Crippen molar-refractivity contribution in [2.24, 2.45) is 22.4 Å². The van der Waals surface area contributed by atoms with Crippen LogP contribution < -0.4 is 11.5 Å². The molecule has 0 rings (SSSR count). The Bertz CT molecular complexity index is 118. The zero-order chi connectivity index (χ0) is 8.15. The predicted octanol–water partition coefficient (Wildman–Crippen LogP) is -0.723. The van der Waals surface area contributed by atoms with Crippen LogP contribution in [-0.4, -0.2) is 23.7 Å². The lowest BCUT2D eigenvalue weighted by Crippen LogP contribution is -2.26. The Labute approximate surface area is 60.9 Å². The van der Waals surface area contributed by atoms with Gasteiger partial charge in [0.25, 0.3) is 0 Å². The average molecular weight is 145 g/mol. The molecule has 0 aromatic heterocycles. The maximum absolute atomic E-state index is 9.16. The highest BCUT2D eigenvalue weighted by Crippen LogP contribution is 1.99. The first-order chi connectivity index (χ1) is 4.54. The van der Waals surface area contributed by atoms with Crippen molar-refractivity contribution >= 4 is 5.96 Å². The van der Waals surface area contributed by atoms with Gasteiger partial charge in [-0.15, -0.1) is 0 Å². The van der Waals surface area contributed by atoms with E-state index in [1.807, 2.05) is 13.8 Å². The Kier molecular flexibility index (Phi) is 3.79. The van der Waals surface area contributed by atoms with Gasteiger partial charge >= 0.3 is 0 Å². The summed E-state index contributed by atoms with van der Waals surface area (Å²) in [6.45, 7) is 4.11. The summed E-state index contributed by atoms with van der Waals surface area (Å²) in [6, 6.07) is 0. The van der Waals surface area contributed by atoms with Crippen LogP contribution in [0.3, 0.4) is 0 Å². The van der Waals surface area contributed by atoms with Crippen molar-refractivity contribution < 1.29 is 5.11 Å². The molecule has 10 heavy (non-hydrogen) atoms. The molecule has 0 radical (unpaired) electrons. The van der Waals surface area contributed by atoms with Gasteiger partial charge in [-0.3, -0.25) is 4.99 Å². The number of hydrogen-bond donors (Lipinski definition) is 3. The summed E-state index contributed by atoms with van der Waals surface area (Å²) in [5.41, 5.74) is 10.1. The molecule has 0 fully saturated rings. The first-order valence-corrected chi connectivity index (χ1v) is 3.27. The van der Waals surface area contributed by atoms with Crippen LogP contribution in [0.15, 0.2) is 4.99 Å². The third-order valence-corrected chi connectivity index (χ3v) is 1.23. The molecule has 0 aliphatic rings. The van der Waals surface area contributed by atoms with E-state index in [9.17, 15) is 0 Å². The Morgan fingerprint density at radius 2 is 2.00 bits per heavy atom. The molecule has 60 valence electrons. The Hall–Kier alpha value is -0.770. The lowest BCUT2D eigenvalue weighted by atomic mass is 10.1. The molecule has 0 aromatic carbocycles. The topological polar surface area (TPSA) is 84.6 Å². The van der Waals surface area contributed by atoms with Crippen LogP contribution in [0.25, 0.3) is 0 Å². The smallest absolute Gasteiger partial charge is 0.185 e. The standard InChI is InChI=1S/C6H15N3O/c1-4(2)5(10)3-9-6(7)8/h4-5,10H,3H2,1-2H3,(H4,7,8,9). The molecule has 1 atom stereocenters. The van der Waals surface area contributed by atoms with Crippen molar-refractivity contribution in [3.05, 3.63) is 0 Å². The minimum Gasteiger partial charge on any atom is -0.391 e. The van der Waals surface area contributed by atoms with E-state index in [2.05, 4.69) is 4.99 Å². The lowest BCUT2D eigenvalue weighted by molar-refractivity contribution is 0.134. The van der Waals surface area contributed by atoms with Gasteiger partial charge in [-0.2, -0.15) is 0 Å². The van der Waals surface area contributed by atoms with Crippen molar-refractivity contribution in [2.45, 2.75) is 20.0 Å². The van der Waals surface area contributed by atoms with E-state index in [0.29, 0.717) is 6.54 Å². The number of nitrogens with zero attached hydrogens (tertiary/aromatic N) is 1. The zero-order valence-electron chi connectivity index (χ0n) is 6.41. The number of guanidine groups is 1. The summed E-state index contributed by atoms with van der Waals surface area (Å²) >= 11 is 0. The summed E-state index contributed by atoms with van der Waals surface area (Å²) in [6.07, 6.45) is -0.443. The van der Waals surface area contributed by atoms with Gasteiger partial charge in [-0.25, -0.2) is 0 Å². The third kappa shape index (κ3) is 4.14. The molecule has 0 bridgehead atoms. The van der Waals surface area contributed by atoms with Crippen molar-refractivity contribution in [2.75, 3.05) is 6.54 Å². The summed E-state index contributed by atoms with van der Waals surface area (Å²) in [4.78, 5) is 3.67. The van der Waals surface area contributed by atoms with Gasteiger partial charge < -0.3 is 16.6 Å². The summed E-state index contributed by atoms with van der Waals surface area (Å²) < 4.78 is 0. The molecular weight excluding hydrogens is 130 g/mol. The van der Waals surface area contributed by atoms with Gasteiger partial charge in [0.1, 0.15) is 0 Å². The highest BCUT2D eigenvalue weighted by molar-refractivity contribution is 5.75. The van der Waals surface area contributed by atoms with Crippen LogP contribution in [0.2, 0.25) is 0 Å². The molecule has 0 spiro atoms. The number of nitrogens with two attached hydrogens (primary N) is 2. The molecule has 1 unspecified atom stereocenters. The second-order valence-electron chi connectivity index (χ2n) is 2.58. The number of aliphatic hydroxyl groups is 1. The van der Waals surface area contributed by atoms with E-state index >= 15 is 0 Å². The highest BCUT2D eigenvalue weighted by Gasteiger charge is 2.06. The predicted molar refractivity (Wildman–Crippen MR) is 41.5 cm³/mol. The van der Waals surface area contributed by atoms with Crippen molar-refractivity contribution in [3.8, 4) is 0 Å². The molecule has 0 heterocycles. The first-order valence-electron chi connectivity index (χ1n) is 3.27. The number of aliphatic hydroxyl groups excluding tert-OH is 1. The van der Waals surface area contributed by atoms with Gasteiger partial charge in [0.15, 0.2) is 5.96 Å². The highest BCUT2D eigenvalue weighted by atomic mass is 16.3. The Morgan fingerprint density at radius 3 is 2.30 bits per heavy atom. The number of hydrogen-bond acceptors (Lipinski definition) is 2. The lowest BCUT2D eigenvalue weighted by Gasteiger charge is -2.10. The molecule has 5 N–H and O–H groups in total. The quantitative estimate of drug-likeness (QED) is 0.362. The second kappa shape index (κ2) is 4.11. The first kappa shape index (κ1) is 9.23. The van der Waals surface area contributed by atoms with Crippen LogP contribution in [0.4, 0.5) is 0 Å². The zero-order valence-corrected chi connectivity index (χ0v) is 6.41. The van der Waals surface area contributed by atoms with Crippen LogP contribution in [-0.2, 0) is 0 Å². The van der Waals surface area contributed by atoms with Crippen molar-refractivity contribution in [3.63, 3.8) is 0 Å². The normalized spacial score (nSPS) is 13.2. The van der Waals surface area contributed by atoms with E-state index in [1.165, 1.54) is 0 Å². The SMILES string of the molecule is CC(C)C(O)CN=C(N)N. The van der Waals surface area contributed by atoms with Crippen LogP contribution >= 0.6 is 0 Å². The van der Waals surface area contributed by atoms with Crippen molar-refractivity contribution in [1.82, 2.24) is 0 Å². The van der Waals surface area contributed by atoms with Crippen LogP contribution in [0, 0.1) is 5.92 Å². The van der Waals surface area contributed by atoms with Gasteiger partial charge in [-0.1, -0.05) is 13.8 Å². The fourth-order valence-corrected chi connectivity index (χ4v) is 0.410. The molecule has 0 saturated heterocycles. The second-order valence-corrected chi connectivity index (χ2v) is 2.58. The van der Waals surface area contributed by atoms with E-state index in [1.54, 1.807) is 0 Å². The average Bonchev–Trinajstić information content (AvgIpc) is 1.82. The van der Waals surface area contributed by atoms with Crippen LogP contribution in [0.1, 0.15) is 13.8 Å². The van der Waals surface area contributed by atoms with E-state index < -0.39 is 6.10 Å². The molecule has 4 nitrogen and oxygen atoms in total. The minimum absolute atomic E-state index is 0.0275. The largest absolute Gasteiger partial charge is 0.391 e. The summed E-state index contributed by atoms with van der Waals surface area (Å²) in [7, 11) is 0. The number of aliphatic imine (C=N–C) groups is 1. The van der Waals surface area contributed by atoms with Crippen LogP contribution in [0.5, 0.6) is 0 Å². The Morgan fingerprint density at radius 1 is 1.50 bits per heavy atom. The Balaban J connectivity index is 3.59. The molecule has 0 aromatic rings. The fourth-order valence-electron chi connectivity index (χ4n) is 0.410. The maximum Gasteiger partial charge on any atom is 0.185 e. The van der Waals surface area contributed by atoms with Gasteiger partial charge in [0, 0.05) is 0 Å². The molecule has 0 saturated carbocycles. The summed E-state index contributed by atoms with van der Waals surface area (Å²) in [5.74, 6) is 0.225. The maximum atomic E-state index is 9.16.